The predicted octanol–water partition coefficient (Wildman–Crippen LogP) is 3.92. The quantitative estimate of drug-likeness (QED) is 0.512. The molecular weight excluding hydrogens is 380 g/mol. The van der Waals surface area contributed by atoms with Gasteiger partial charge in [-0.05, 0) is 58.2 Å². The van der Waals surface area contributed by atoms with Crippen LogP contribution in [0.5, 0.6) is 0 Å². The number of hydrogen-bond donors (Lipinski definition) is 0. The summed E-state index contributed by atoms with van der Waals surface area (Å²) in [7, 11) is 0. The van der Waals surface area contributed by atoms with E-state index in [1.807, 2.05) is 62.6 Å². The molecule has 0 bridgehead atoms. The molecule has 2 heterocycles. The topological polar surface area (TPSA) is 68.6 Å². The lowest BCUT2D eigenvalue weighted by Crippen LogP contribution is -2.41. The number of carbonyl (C=O) groups is 3. The molecule has 30 heavy (non-hydrogen) atoms. The van der Waals surface area contributed by atoms with Crippen molar-refractivity contribution in [3.8, 4) is 5.69 Å². The number of likely N-dealkylation sites (tertiary alicyclic amines) is 1. The van der Waals surface area contributed by atoms with Crippen molar-refractivity contribution in [2.45, 2.75) is 59.4 Å². The van der Waals surface area contributed by atoms with Gasteiger partial charge in [0.2, 0.25) is 11.7 Å². The molecule has 6 nitrogen and oxygen atoms in total. The summed E-state index contributed by atoms with van der Waals surface area (Å²) in [5.41, 5.74) is 4.47. The summed E-state index contributed by atoms with van der Waals surface area (Å²) in [6, 6.07) is 9.36. The summed E-state index contributed by atoms with van der Waals surface area (Å²) in [4.78, 5) is 39.1. The largest absolute Gasteiger partial charge is 0.456 e. The summed E-state index contributed by atoms with van der Waals surface area (Å²) in [5.74, 6) is -0.748. The van der Waals surface area contributed by atoms with Crippen LogP contribution in [0.15, 0.2) is 30.3 Å². The van der Waals surface area contributed by atoms with Crippen molar-refractivity contribution in [3.05, 3.63) is 52.8 Å². The Morgan fingerprint density at radius 2 is 1.80 bits per heavy atom. The smallest absolute Gasteiger partial charge is 0.329 e. The van der Waals surface area contributed by atoms with Crippen molar-refractivity contribution in [1.29, 1.82) is 0 Å². The number of Topliss-reactive ketones (excluding diaryl/α,β-unsaturated/α-hetero) is 1. The summed E-state index contributed by atoms with van der Waals surface area (Å²) >= 11 is 0. The highest BCUT2D eigenvalue weighted by molar-refractivity contribution is 5.99. The van der Waals surface area contributed by atoms with Crippen LogP contribution in [0, 0.1) is 20.8 Å². The molecule has 1 saturated heterocycles. The maximum Gasteiger partial charge on any atom is 0.329 e. The van der Waals surface area contributed by atoms with E-state index in [0.717, 1.165) is 29.9 Å². The molecule has 0 spiro atoms. The number of carbonyl (C=O) groups excluding carboxylic acids is 3. The number of aromatic nitrogens is 1. The molecule has 0 saturated carbocycles. The van der Waals surface area contributed by atoms with Gasteiger partial charge in [-0.3, -0.25) is 9.59 Å². The van der Waals surface area contributed by atoms with Crippen LogP contribution in [0.3, 0.4) is 0 Å². The third kappa shape index (κ3) is 4.48. The SMILES string of the molecule is CCCC(=O)N1CCCC1C(=O)OCC(=O)c1cc(C)n(-c2ccc(C)cc2)c1C. The van der Waals surface area contributed by atoms with Crippen LogP contribution >= 0.6 is 0 Å². The Hall–Kier alpha value is -2.89. The number of esters is 1. The first-order chi connectivity index (χ1) is 14.3. The monoisotopic (exact) mass is 410 g/mol. The molecule has 0 aliphatic carbocycles. The lowest BCUT2D eigenvalue weighted by Gasteiger charge is -2.23. The molecule has 3 rings (SSSR count). The normalized spacial score (nSPS) is 16.0. The van der Waals surface area contributed by atoms with Gasteiger partial charge in [0.1, 0.15) is 6.04 Å². The number of nitrogens with zero attached hydrogens (tertiary/aromatic N) is 2. The van der Waals surface area contributed by atoms with E-state index in [1.54, 1.807) is 4.90 Å². The Labute approximate surface area is 177 Å². The number of amides is 1. The van der Waals surface area contributed by atoms with Crippen molar-refractivity contribution in [3.63, 3.8) is 0 Å². The van der Waals surface area contributed by atoms with E-state index in [2.05, 4.69) is 0 Å². The maximum absolute atomic E-state index is 12.8. The summed E-state index contributed by atoms with van der Waals surface area (Å²) in [5, 5.41) is 0. The highest BCUT2D eigenvalue weighted by Crippen LogP contribution is 2.23. The van der Waals surface area contributed by atoms with E-state index in [0.29, 0.717) is 24.9 Å². The minimum Gasteiger partial charge on any atom is -0.456 e. The Kier molecular flexibility index (Phi) is 6.75. The fraction of sp³-hybridized carbons (Fsp3) is 0.458. The zero-order valence-electron chi connectivity index (χ0n) is 18.2. The van der Waals surface area contributed by atoms with Gasteiger partial charge in [-0.25, -0.2) is 4.79 Å². The van der Waals surface area contributed by atoms with Crippen LogP contribution < -0.4 is 0 Å². The minimum absolute atomic E-state index is 0.0232. The summed E-state index contributed by atoms with van der Waals surface area (Å²) < 4.78 is 7.36. The van der Waals surface area contributed by atoms with Gasteiger partial charge in [-0.2, -0.15) is 0 Å². The molecule has 1 aromatic carbocycles. The van der Waals surface area contributed by atoms with Gasteiger partial charge in [0.25, 0.3) is 0 Å². The lowest BCUT2D eigenvalue weighted by molar-refractivity contribution is -0.152. The molecule has 1 unspecified atom stereocenters. The minimum atomic E-state index is -0.572. The van der Waals surface area contributed by atoms with E-state index in [-0.39, 0.29) is 18.3 Å². The fourth-order valence-electron chi connectivity index (χ4n) is 4.11. The van der Waals surface area contributed by atoms with Gasteiger partial charge in [-0.1, -0.05) is 24.6 Å². The zero-order valence-corrected chi connectivity index (χ0v) is 18.2. The van der Waals surface area contributed by atoms with Crippen molar-refractivity contribution < 1.29 is 19.1 Å². The van der Waals surface area contributed by atoms with Gasteiger partial charge in [0.15, 0.2) is 6.61 Å². The molecule has 1 amide bonds. The van der Waals surface area contributed by atoms with E-state index in [9.17, 15) is 14.4 Å². The molecule has 1 fully saturated rings. The van der Waals surface area contributed by atoms with Crippen LogP contribution in [-0.2, 0) is 14.3 Å². The van der Waals surface area contributed by atoms with Gasteiger partial charge < -0.3 is 14.2 Å². The maximum atomic E-state index is 12.8. The first-order valence-corrected chi connectivity index (χ1v) is 10.6. The molecule has 1 atom stereocenters. The molecule has 160 valence electrons. The van der Waals surface area contributed by atoms with Crippen molar-refractivity contribution >= 4 is 17.7 Å². The summed E-state index contributed by atoms with van der Waals surface area (Å²) in [6.45, 7) is 8.07. The Bertz CT molecular complexity index is 943. The highest BCUT2D eigenvalue weighted by Gasteiger charge is 2.35. The van der Waals surface area contributed by atoms with Crippen LogP contribution in [0.1, 0.15) is 59.9 Å². The molecule has 1 aliphatic heterocycles. The third-order valence-corrected chi connectivity index (χ3v) is 5.68. The Balaban J connectivity index is 1.68. The lowest BCUT2D eigenvalue weighted by atomic mass is 10.1. The Morgan fingerprint density at radius 3 is 2.47 bits per heavy atom. The molecule has 0 N–H and O–H groups in total. The van der Waals surface area contributed by atoms with Crippen molar-refractivity contribution in [1.82, 2.24) is 9.47 Å². The molecule has 0 radical (unpaired) electrons. The predicted molar refractivity (Wildman–Crippen MR) is 115 cm³/mol. The van der Waals surface area contributed by atoms with E-state index >= 15 is 0 Å². The molecular formula is C24H30N2O4. The fourth-order valence-corrected chi connectivity index (χ4v) is 4.11. The number of aryl methyl sites for hydroxylation is 2. The highest BCUT2D eigenvalue weighted by atomic mass is 16.5. The standard InChI is InChI=1S/C24H30N2O4/c1-5-7-23(28)25-13-6-8-21(25)24(29)30-15-22(27)20-14-17(3)26(18(20)4)19-11-9-16(2)10-12-19/h9-12,14,21H,5-8,13,15H2,1-4H3. The van der Waals surface area contributed by atoms with Crippen molar-refractivity contribution in [2.75, 3.05) is 13.2 Å². The molecule has 6 heteroatoms. The third-order valence-electron chi connectivity index (χ3n) is 5.68. The van der Waals surface area contributed by atoms with Crippen molar-refractivity contribution in [2.24, 2.45) is 0 Å². The second-order valence-corrected chi connectivity index (χ2v) is 7.98. The number of ketones is 1. The van der Waals surface area contributed by atoms with Gasteiger partial charge >= 0.3 is 5.97 Å². The van der Waals surface area contributed by atoms with Crippen LogP contribution in [0.4, 0.5) is 0 Å². The number of hydrogen-bond acceptors (Lipinski definition) is 4. The second kappa shape index (κ2) is 9.28. The van der Waals surface area contributed by atoms with E-state index < -0.39 is 12.0 Å². The van der Waals surface area contributed by atoms with Crippen LogP contribution in [0.25, 0.3) is 5.69 Å². The summed E-state index contributed by atoms with van der Waals surface area (Å²) in [6.07, 6.45) is 2.53. The van der Waals surface area contributed by atoms with E-state index in [1.165, 1.54) is 5.56 Å². The molecule has 2 aromatic rings. The van der Waals surface area contributed by atoms with Crippen LogP contribution in [-0.4, -0.2) is 46.3 Å². The Morgan fingerprint density at radius 1 is 1.10 bits per heavy atom. The van der Waals surface area contributed by atoms with E-state index in [4.69, 9.17) is 4.74 Å². The number of rotatable bonds is 7. The average molecular weight is 411 g/mol. The first kappa shape index (κ1) is 21.8. The molecule has 1 aromatic heterocycles. The average Bonchev–Trinajstić information content (AvgIpc) is 3.32. The second-order valence-electron chi connectivity index (χ2n) is 7.98. The zero-order chi connectivity index (χ0) is 21.8. The first-order valence-electron chi connectivity index (χ1n) is 10.6. The number of benzene rings is 1. The number of ether oxygens (including phenoxy) is 1. The van der Waals surface area contributed by atoms with Gasteiger partial charge in [-0.15, -0.1) is 0 Å². The molecule has 1 aliphatic rings. The van der Waals surface area contributed by atoms with Crippen LogP contribution in [0.2, 0.25) is 0 Å². The van der Waals surface area contributed by atoms with Gasteiger partial charge in [0.05, 0.1) is 0 Å². The van der Waals surface area contributed by atoms with Gasteiger partial charge in [0, 0.05) is 35.6 Å².